The predicted molar refractivity (Wildman–Crippen MR) is 77.6 cm³/mol. The molecule has 0 amide bonds. The molecule has 0 aromatic heterocycles. The van der Waals surface area contributed by atoms with Crippen LogP contribution >= 0.6 is 0 Å². The first-order chi connectivity index (χ1) is 8.77. The summed E-state index contributed by atoms with van der Waals surface area (Å²) in [5, 5.41) is 17.5. The molecule has 1 N–H and O–H groups in total. The van der Waals surface area contributed by atoms with E-state index in [1.165, 1.54) is 38.5 Å². The molecule has 2 saturated carbocycles. The first-order valence-corrected chi connectivity index (χ1v) is 7.31. The van der Waals surface area contributed by atoms with E-state index in [1.54, 1.807) is 0 Å². The van der Waals surface area contributed by atoms with Crippen molar-refractivity contribution in [3.63, 3.8) is 0 Å². The van der Waals surface area contributed by atoms with Gasteiger partial charge in [-0.2, -0.15) is 5.26 Å². The van der Waals surface area contributed by atoms with Crippen molar-refractivity contribution in [2.24, 2.45) is 11.8 Å². The fraction of sp³-hybridized carbons (Fsp3) is 0.875. The maximum absolute atomic E-state index is 10.2. The van der Waals surface area contributed by atoms with E-state index in [0.29, 0.717) is 5.92 Å². The lowest BCUT2D eigenvalue weighted by atomic mass is 9.86. The van der Waals surface area contributed by atoms with E-state index in [0.717, 1.165) is 32.0 Å². The van der Waals surface area contributed by atoms with Crippen molar-refractivity contribution >= 4 is 6.29 Å². The number of aliphatic hydroxyl groups is 1. The Morgan fingerprint density at radius 3 is 1.84 bits per heavy atom. The van der Waals surface area contributed by atoms with Crippen molar-refractivity contribution in [1.29, 1.82) is 5.26 Å². The summed E-state index contributed by atoms with van der Waals surface area (Å²) in [5.41, 5.74) is 0. The molecule has 2 aliphatic carbocycles. The van der Waals surface area contributed by atoms with Crippen LogP contribution in [-0.2, 0) is 4.79 Å². The van der Waals surface area contributed by atoms with Crippen LogP contribution < -0.4 is 0 Å². The van der Waals surface area contributed by atoms with Crippen LogP contribution in [0.1, 0.15) is 71.6 Å². The molecule has 2 fully saturated rings. The molecular formula is C16H29NO2. The van der Waals surface area contributed by atoms with Crippen LogP contribution in [0.15, 0.2) is 0 Å². The zero-order valence-corrected chi connectivity index (χ0v) is 11.2. The van der Waals surface area contributed by atoms with Crippen molar-refractivity contribution < 1.29 is 9.90 Å². The minimum Gasteiger partial charge on any atom is -0.378 e. The average Bonchev–Trinajstić information content (AvgIpc) is 2.49. The monoisotopic (exact) mass is 267 g/mol. The molecule has 19 heavy (non-hydrogen) atoms. The zero-order valence-electron chi connectivity index (χ0n) is 11.2. The van der Waals surface area contributed by atoms with Crippen molar-refractivity contribution in [1.82, 2.24) is 0 Å². The molecule has 0 aromatic rings. The molecule has 0 aliphatic heterocycles. The molecule has 3 nitrogen and oxygen atoms in total. The van der Waals surface area contributed by atoms with Gasteiger partial charge < -0.3 is 9.90 Å². The van der Waals surface area contributed by atoms with Gasteiger partial charge in [0, 0.05) is 5.92 Å². The van der Waals surface area contributed by atoms with Crippen LogP contribution in [0.25, 0.3) is 0 Å². The number of hydrogen-bond acceptors (Lipinski definition) is 3. The van der Waals surface area contributed by atoms with Gasteiger partial charge in [0.2, 0.25) is 0 Å². The third-order valence-corrected chi connectivity index (χ3v) is 4.07. The standard InChI is InChI=1S/C8H13NO.C7H12O.CH4/c9-6-8(10)7-4-2-1-3-5-7;8-6-7-4-2-1-3-5-7;/h7-8,10H,1-5H2;6-7H,1-5H2;1H4. The molecule has 1 unspecified atom stereocenters. The average molecular weight is 267 g/mol. The molecule has 0 heterocycles. The highest BCUT2D eigenvalue weighted by Gasteiger charge is 2.20. The highest BCUT2D eigenvalue weighted by Crippen LogP contribution is 2.25. The number of aliphatic hydroxyl groups excluding tert-OH is 1. The third kappa shape index (κ3) is 7.32. The van der Waals surface area contributed by atoms with Crippen molar-refractivity contribution in [2.75, 3.05) is 0 Å². The van der Waals surface area contributed by atoms with Gasteiger partial charge in [0.25, 0.3) is 0 Å². The van der Waals surface area contributed by atoms with Gasteiger partial charge in [0.15, 0.2) is 0 Å². The molecule has 110 valence electrons. The number of aldehydes is 1. The van der Waals surface area contributed by atoms with E-state index in [-0.39, 0.29) is 13.3 Å². The van der Waals surface area contributed by atoms with Gasteiger partial charge in [-0.15, -0.1) is 0 Å². The molecule has 0 aromatic carbocycles. The maximum atomic E-state index is 10.2. The fourth-order valence-electron chi connectivity index (χ4n) is 2.83. The summed E-state index contributed by atoms with van der Waals surface area (Å²) in [7, 11) is 0. The van der Waals surface area contributed by atoms with E-state index in [4.69, 9.17) is 10.4 Å². The largest absolute Gasteiger partial charge is 0.378 e. The Morgan fingerprint density at radius 2 is 1.47 bits per heavy atom. The second-order valence-corrected chi connectivity index (χ2v) is 5.51. The first kappa shape index (κ1) is 18.1. The van der Waals surface area contributed by atoms with Gasteiger partial charge in [-0.25, -0.2) is 0 Å². The number of nitriles is 1. The minimum absolute atomic E-state index is 0. The van der Waals surface area contributed by atoms with Gasteiger partial charge in [0.1, 0.15) is 12.4 Å². The highest BCUT2D eigenvalue weighted by atomic mass is 16.3. The molecule has 2 rings (SSSR count). The van der Waals surface area contributed by atoms with Gasteiger partial charge in [-0.05, 0) is 31.6 Å². The molecule has 0 spiro atoms. The lowest BCUT2D eigenvalue weighted by molar-refractivity contribution is -0.111. The molecule has 0 radical (unpaired) electrons. The van der Waals surface area contributed by atoms with E-state index >= 15 is 0 Å². The van der Waals surface area contributed by atoms with Gasteiger partial charge in [0.05, 0.1) is 6.07 Å². The summed E-state index contributed by atoms with van der Waals surface area (Å²) in [6.07, 6.45) is 12.3. The Bertz CT molecular complexity index is 260. The fourth-order valence-corrected chi connectivity index (χ4v) is 2.83. The Labute approximate surface area is 118 Å². The van der Waals surface area contributed by atoms with Crippen molar-refractivity contribution in [2.45, 2.75) is 77.7 Å². The van der Waals surface area contributed by atoms with Crippen molar-refractivity contribution in [3.8, 4) is 6.07 Å². The van der Waals surface area contributed by atoms with Crippen molar-refractivity contribution in [3.05, 3.63) is 0 Å². The Balaban J connectivity index is 0.000000331. The number of hydrogen-bond donors (Lipinski definition) is 1. The van der Waals surface area contributed by atoms with E-state index < -0.39 is 6.10 Å². The Morgan fingerprint density at radius 1 is 1.00 bits per heavy atom. The second-order valence-electron chi connectivity index (χ2n) is 5.51. The van der Waals surface area contributed by atoms with Gasteiger partial charge in [-0.3, -0.25) is 0 Å². The molecule has 3 heteroatoms. The SMILES string of the molecule is C.N#CC(O)C1CCCCC1.O=CC1CCCCC1. The highest BCUT2D eigenvalue weighted by molar-refractivity contribution is 5.53. The van der Waals surface area contributed by atoms with E-state index in [2.05, 4.69) is 0 Å². The summed E-state index contributed by atoms with van der Waals surface area (Å²) >= 11 is 0. The van der Waals surface area contributed by atoms with Crippen LogP contribution in [-0.4, -0.2) is 17.5 Å². The quantitative estimate of drug-likeness (QED) is 0.610. The lowest BCUT2D eigenvalue weighted by Gasteiger charge is -2.21. The molecule has 0 saturated heterocycles. The van der Waals surface area contributed by atoms with E-state index in [1.807, 2.05) is 6.07 Å². The smallest absolute Gasteiger partial charge is 0.143 e. The number of nitrogens with zero attached hydrogens (tertiary/aromatic N) is 1. The Kier molecular flexibility index (Phi) is 10.5. The van der Waals surface area contributed by atoms with Crippen LogP contribution in [0.3, 0.4) is 0 Å². The third-order valence-electron chi connectivity index (χ3n) is 4.07. The molecular weight excluding hydrogens is 238 g/mol. The predicted octanol–water partition coefficient (Wildman–Crippen LogP) is 3.85. The normalized spacial score (nSPS) is 22.1. The van der Waals surface area contributed by atoms with Crippen LogP contribution in [0.5, 0.6) is 0 Å². The topological polar surface area (TPSA) is 61.1 Å². The number of carbonyl (C=O) groups excluding carboxylic acids is 1. The summed E-state index contributed by atoms with van der Waals surface area (Å²) in [4.78, 5) is 10.2. The van der Waals surface area contributed by atoms with Crippen LogP contribution in [0, 0.1) is 23.2 Å². The van der Waals surface area contributed by atoms with Crippen LogP contribution in [0.2, 0.25) is 0 Å². The second kappa shape index (κ2) is 11.0. The summed E-state index contributed by atoms with van der Waals surface area (Å²) in [6.45, 7) is 0. The lowest BCUT2D eigenvalue weighted by Crippen LogP contribution is -2.20. The Hall–Kier alpha value is -0.880. The van der Waals surface area contributed by atoms with Gasteiger partial charge >= 0.3 is 0 Å². The van der Waals surface area contributed by atoms with E-state index in [9.17, 15) is 4.79 Å². The zero-order chi connectivity index (χ0) is 13.2. The summed E-state index contributed by atoms with van der Waals surface area (Å²) in [5.74, 6) is 0.669. The number of rotatable bonds is 2. The molecule has 1 atom stereocenters. The first-order valence-electron chi connectivity index (χ1n) is 7.31. The number of carbonyl (C=O) groups is 1. The maximum Gasteiger partial charge on any atom is 0.143 e. The van der Waals surface area contributed by atoms with Crippen LogP contribution in [0.4, 0.5) is 0 Å². The molecule has 2 aliphatic rings. The molecule has 0 bridgehead atoms. The minimum atomic E-state index is -0.708. The van der Waals surface area contributed by atoms with Gasteiger partial charge in [-0.1, -0.05) is 46.0 Å². The summed E-state index contributed by atoms with van der Waals surface area (Å²) < 4.78 is 0. The summed E-state index contributed by atoms with van der Waals surface area (Å²) in [6, 6.07) is 1.89.